The van der Waals surface area contributed by atoms with E-state index in [4.69, 9.17) is 4.74 Å². The molecule has 4 nitrogen and oxygen atoms in total. The molecule has 0 heterocycles. The molecular weight excluding hydrogens is 148 g/mol. The Bertz CT molecular complexity index is 120. The molecule has 0 aliphatic carbocycles. The summed E-state index contributed by atoms with van der Waals surface area (Å²) in [6.07, 6.45) is 0.525. The third kappa shape index (κ3) is 2.27. The summed E-state index contributed by atoms with van der Waals surface area (Å²) >= 11 is 0. The first-order valence-electron chi connectivity index (χ1n) is 3.10. The molecule has 0 N–H and O–H groups in total. The normalized spacial score (nSPS) is 14.5. The Labute approximate surface area is 66.4 Å². The molecule has 65 valence electrons. The van der Waals surface area contributed by atoms with Gasteiger partial charge in [0.2, 0.25) is 0 Å². The van der Waals surface area contributed by atoms with Crippen molar-refractivity contribution in [3.05, 3.63) is 12.7 Å². The van der Waals surface area contributed by atoms with Crippen molar-refractivity contribution in [3.8, 4) is 0 Å². The molecule has 0 fully saturated rings. The summed E-state index contributed by atoms with van der Waals surface area (Å²) < 4.78 is 13.9. The summed E-state index contributed by atoms with van der Waals surface area (Å²) in [6, 6.07) is 0. The Morgan fingerprint density at radius 2 is 1.82 bits per heavy atom. The molecule has 0 saturated heterocycles. The van der Waals surface area contributed by atoms with Gasteiger partial charge in [-0.05, 0) is 0 Å². The zero-order valence-corrected chi connectivity index (χ0v) is 6.99. The van der Waals surface area contributed by atoms with Crippen LogP contribution in [0.1, 0.15) is 0 Å². The van der Waals surface area contributed by atoms with Gasteiger partial charge in [0, 0.05) is 21.3 Å². The van der Waals surface area contributed by atoms with Crippen molar-refractivity contribution < 1.29 is 19.3 Å². The highest BCUT2D eigenvalue weighted by atomic mass is 16.8. The van der Waals surface area contributed by atoms with Crippen LogP contribution in [0.2, 0.25) is 0 Å². The molecule has 1 radical (unpaired) electrons. The topological polar surface area (TPSA) is 47.6 Å². The Balaban J connectivity index is 4.30. The van der Waals surface area contributed by atoms with Gasteiger partial charge in [-0.25, -0.2) is 0 Å². The number of methoxy groups -OCH3 is 3. The van der Waals surface area contributed by atoms with Crippen molar-refractivity contribution in [2.75, 3.05) is 21.3 Å². The molecule has 0 saturated carbocycles. The number of hydrogen-bond acceptors (Lipinski definition) is 3. The minimum absolute atomic E-state index is 0.808. The highest BCUT2D eigenvalue weighted by Gasteiger charge is 2.38. The molecule has 0 aromatic heterocycles. The first-order valence-corrected chi connectivity index (χ1v) is 3.10. The van der Waals surface area contributed by atoms with E-state index < -0.39 is 12.1 Å². The van der Waals surface area contributed by atoms with Gasteiger partial charge in [0.1, 0.15) is 0 Å². The second-order valence-electron chi connectivity index (χ2n) is 1.90. The van der Waals surface area contributed by atoms with Crippen LogP contribution in [0, 0.1) is 0 Å². The Morgan fingerprint density at radius 1 is 1.36 bits per heavy atom. The van der Waals surface area contributed by atoms with E-state index in [0.29, 0.717) is 0 Å². The van der Waals surface area contributed by atoms with Gasteiger partial charge in [0.05, 0.1) is 0 Å². The van der Waals surface area contributed by atoms with Gasteiger partial charge in [-0.1, -0.05) is 6.08 Å². The van der Waals surface area contributed by atoms with Crippen molar-refractivity contribution in [2.45, 2.75) is 12.1 Å². The van der Waals surface area contributed by atoms with E-state index in [0.717, 1.165) is 0 Å². The molecule has 0 spiro atoms. The summed E-state index contributed by atoms with van der Waals surface area (Å²) in [5.41, 5.74) is 0. The largest absolute Gasteiger partial charge is 0.369 e. The predicted octanol–water partition coefficient (Wildman–Crippen LogP) is 0.565. The lowest BCUT2D eigenvalue weighted by atomic mass is 10.3. The van der Waals surface area contributed by atoms with Crippen LogP contribution in [0.15, 0.2) is 12.7 Å². The summed E-state index contributed by atoms with van der Waals surface area (Å²) in [4.78, 5) is 0. The SMILES string of the molecule is C=CC(OC)C([O])(OC)OC. The van der Waals surface area contributed by atoms with Gasteiger partial charge in [0.25, 0.3) is 0 Å². The van der Waals surface area contributed by atoms with Crippen LogP contribution in [0.3, 0.4) is 0 Å². The van der Waals surface area contributed by atoms with Gasteiger partial charge in [-0.3, -0.25) is 0 Å². The molecule has 0 amide bonds. The summed E-state index contributed by atoms with van der Waals surface area (Å²) in [6.45, 7) is 3.41. The molecule has 0 aliphatic rings. The van der Waals surface area contributed by atoms with Crippen LogP contribution < -0.4 is 0 Å². The van der Waals surface area contributed by atoms with E-state index >= 15 is 0 Å². The molecule has 0 aromatic rings. The van der Waals surface area contributed by atoms with E-state index in [1.807, 2.05) is 0 Å². The highest BCUT2D eigenvalue weighted by molar-refractivity contribution is 4.86. The molecule has 11 heavy (non-hydrogen) atoms. The zero-order valence-electron chi connectivity index (χ0n) is 6.99. The van der Waals surface area contributed by atoms with E-state index in [2.05, 4.69) is 16.1 Å². The first-order chi connectivity index (χ1) is 5.14. The van der Waals surface area contributed by atoms with Gasteiger partial charge in [-0.15, -0.1) is 6.58 Å². The average molecular weight is 161 g/mol. The maximum Gasteiger partial charge on any atom is 0.342 e. The van der Waals surface area contributed by atoms with Gasteiger partial charge < -0.3 is 14.2 Å². The van der Waals surface area contributed by atoms with Crippen LogP contribution in [0.5, 0.6) is 0 Å². The van der Waals surface area contributed by atoms with E-state index in [9.17, 15) is 5.11 Å². The standard InChI is InChI=1S/C7H13O4/c1-5-6(9-2)7(8,10-3)11-4/h5-6H,1H2,2-4H3. The quantitative estimate of drug-likeness (QED) is 0.437. The molecule has 0 aromatic carbocycles. The van der Waals surface area contributed by atoms with Crippen molar-refractivity contribution in [1.29, 1.82) is 0 Å². The van der Waals surface area contributed by atoms with Crippen LogP contribution in [-0.2, 0) is 19.3 Å². The van der Waals surface area contributed by atoms with E-state index in [1.165, 1.54) is 27.4 Å². The van der Waals surface area contributed by atoms with Crippen LogP contribution in [0.25, 0.3) is 0 Å². The summed E-state index contributed by atoms with van der Waals surface area (Å²) in [5, 5.41) is 11.4. The minimum Gasteiger partial charge on any atom is -0.369 e. The Hall–Kier alpha value is -0.420. The zero-order chi connectivity index (χ0) is 8.91. The first kappa shape index (κ1) is 10.6. The molecule has 1 atom stereocenters. The Morgan fingerprint density at radius 3 is 1.91 bits per heavy atom. The molecule has 0 rings (SSSR count). The molecule has 1 unspecified atom stereocenters. The molecule has 0 aliphatic heterocycles. The number of ether oxygens (including phenoxy) is 3. The predicted molar refractivity (Wildman–Crippen MR) is 38.4 cm³/mol. The van der Waals surface area contributed by atoms with Crippen molar-refractivity contribution >= 4 is 0 Å². The average Bonchev–Trinajstić information content (AvgIpc) is 2.06. The van der Waals surface area contributed by atoms with Gasteiger partial charge >= 0.3 is 5.97 Å². The summed E-state index contributed by atoms with van der Waals surface area (Å²) in [5.74, 6) is -1.99. The second kappa shape index (κ2) is 4.46. The lowest BCUT2D eigenvalue weighted by molar-refractivity contribution is -0.398. The van der Waals surface area contributed by atoms with Crippen LogP contribution in [-0.4, -0.2) is 33.4 Å². The fourth-order valence-electron chi connectivity index (χ4n) is 0.701. The monoisotopic (exact) mass is 161 g/mol. The fourth-order valence-corrected chi connectivity index (χ4v) is 0.701. The van der Waals surface area contributed by atoms with Crippen molar-refractivity contribution in [1.82, 2.24) is 0 Å². The van der Waals surface area contributed by atoms with E-state index in [1.54, 1.807) is 0 Å². The molecular formula is C7H13O4. The molecule has 0 bridgehead atoms. The third-order valence-corrected chi connectivity index (χ3v) is 1.39. The second-order valence-corrected chi connectivity index (χ2v) is 1.90. The van der Waals surface area contributed by atoms with Crippen molar-refractivity contribution in [3.63, 3.8) is 0 Å². The summed E-state index contributed by atoms with van der Waals surface area (Å²) in [7, 11) is 3.90. The fraction of sp³-hybridized carbons (Fsp3) is 0.714. The maximum atomic E-state index is 11.4. The smallest absolute Gasteiger partial charge is 0.342 e. The highest BCUT2D eigenvalue weighted by Crippen LogP contribution is 2.16. The lowest BCUT2D eigenvalue weighted by Crippen LogP contribution is -2.44. The van der Waals surface area contributed by atoms with Crippen LogP contribution >= 0.6 is 0 Å². The number of rotatable bonds is 5. The minimum atomic E-state index is -1.99. The third-order valence-electron chi connectivity index (χ3n) is 1.39. The number of hydrogen-bond donors (Lipinski definition) is 0. The maximum absolute atomic E-state index is 11.4. The Kier molecular flexibility index (Phi) is 4.29. The van der Waals surface area contributed by atoms with Crippen LogP contribution in [0.4, 0.5) is 0 Å². The van der Waals surface area contributed by atoms with Gasteiger partial charge in [-0.2, -0.15) is 5.11 Å². The van der Waals surface area contributed by atoms with Crippen molar-refractivity contribution in [2.24, 2.45) is 0 Å². The van der Waals surface area contributed by atoms with E-state index in [-0.39, 0.29) is 0 Å². The van der Waals surface area contributed by atoms with Gasteiger partial charge in [0.15, 0.2) is 6.10 Å². The molecule has 4 heteroatoms. The lowest BCUT2D eigenvalue weighted by Gasteiger charge is -2.27.